The van der Waals surface area contributed by atoms with Gasteiger partial charge in [-0.15, -0.1) is 0 Å². The minimum absolute atomic E-state index is 0.00539. The van der Waals surface area contributed by atoms with E-state index in [0.717, 1.165) is 17.8 Å². The lowest BCUT2D eigenvalue weighted by atomic mass is 10.0. The lowest BCUT2D eigenvalue weighted by molar-refractivity contribution is -0.158. The van der Waals surface area contributed by atoms with Crippen LogP contribution in [0.3, 0.4) is 0 Å². The Morgan fingerprint density at radius 1 is 1.42 bits per heavy atom. The van der Waals surface area contributed by atoms with E-state index in [9.17, 15) is 9.59 Å². The fourth-order valence-corrected chi connectivity index (χ4v) is 3.30. The molecule has 24 heavy (non-hydrogen) atoms. The molecule has 2 saturated heterocycles. The molecule has 1 aromatic rings. The van der Waals surface area contributed by atoms with Crippen molar-refractivity contribution in [2.75, 3.05) is 39.8 Å². The van der Waals surface area contributed by atoms with Crippen LogP contribution in [0.1, 0.15) is 17.8 Å². The highest BCUT2D eigenvalue weighted by Gasteiger charge is 2.45. The fraction of sp³-hybridized carbons (Fsp3) is 0.588. The maximum Gasteiger partial charge on any atom is 0.317 e. The Morgan fingerprint density at radius 2 is 2.25 bits per heavy atom. The van der Waals surface area contributed by atoms with Crippen LogP contribution in [0.25, 0.3) is 0 Å². The Morgan fingerprint density at radius 3 is 3.00 bits per heavy atom. The van der Waals surface area contributed by atoms with Gasteiger partial charge in [-0.05, 0) is 25.5 Å². The number of hydrogen-bond acceptors (Lipinski definition) is 4. The van der Waals surface area contributed by atoms with E-state index in [-0.39, 0.29) is 18.5 Å². The zero-order valence-electron chi connectivity index (χ0n) is 14.2. The molecule has 3 rings (SSSR count). The Labute approximate surface area is 142 Å². The van der Waals surface area contributed by atoms with Gasteiger partial charge in [-0.3, -0.25) is 9.78 Å². The fourth-order valence-electron chi connectivity index (χ4n) is 3.30. The molecule has 7 nitrogen and oxygen atoms in total. The van der Waals surface area contributed by atoms with Crippen LogP contribution < -0.4 is 5.32 Å². The third kappa shape index (κ3) is 3.67. The number of pyridine rings is 1. The van der Waals surface area contributed by atoms with Crippen LogP contribution in [0.5, 0.6) is 0 Å². The molecule has 0 aliphatic carbocycles. The van der Waals surface area contributed by atoms with Gasteiger partial charge in [0.15, 0.2) is 0 Å². The highest BCUT2D eigenvalue weighted by molar-refractivity contribution is 5.78. The van der Waals surface area contributed by atoms with Crippen molar-refractivity contribution in [1.82, 2.24) is 20.1 Å². The standard InChI is InChI=1S/C17H24N4O3/c1-13-4-3-5-14(19-13)6-8-18-16(23)21-9-7-17(12-21)11-20(2)15(22)10-24-17/h3-5H,6-12H2,1-2H3,(H,18,23). The van der Waals surface area contributed by atoms with Crippen molar-refractivity contribution in [2.45, 2.75) is 25.4 Å². The van der Waals surface area contributed by atoms with Crippen LogP contribution in [0.15, 0.2) is 18.2 Å². The highest BCUT2D eigenvalue weighted by atomic mass is 16.5. The minimum Gasteiger partial charge on any atom is -0.361 e. The number of aromatic nitrogens is 1. The van der Waals surface area contributed by atoms with E-state index in [0.29, 0.717) is 32.6 Å². The van der Waals surface area contributed by atoms with Crippen molar-refractivity contribution in [2.24, 2.45) is 0 Å². The average Bonchev–Trinajstić information content (AvgIpc) is 2.95. The molecule has 2 aliphatic rings. The van der Waals surface area contributed by atoms with Crippen LogP contribution in [0.4, 0.5) is 4.79 Å². The van der Waals surface area contributed by atoms with Gasteiger partial charge >= 0.3 is 6.03 Å². The number of morpholine rings is 1. The number of aryl methyl sites for hydroxylation is 1. The molecule has 0 bridgehead atoms. The van der Waals surface area contributed by atoms with E-state index in [1.165, 1.54) is 0 Å². The van der Waals surface area contributed by atoms with E-state index < -0.39 is 5.60 Å². The smallest absolute Gasteiger partial charge is 0.317 e. The van der Waals surface area contributed by atoms with Gasteiger partial charge in [-0.2, -0.15) is 0 Å². The molecule has 1 unspecified atom stereocenters. The summed E-state index contributed by atoms with van der Waals surface area (Å²) in [5, 5.41) is 2.95. The summed E-state index contributed by atoms with van der Waals surface area (Å²) in [6.07, 6.45) is 1.47. The largest absolute Gasteiger partial charge is 0.361 e. The molecule has 0 saturated carbocycles. The molecular weight excluding hydrogens is 308 g/mol. The zero-order valence-corrected chi connectivity index (χ0v) is 14.2. The first-order valence-corrected chi connectivity index (χ1v) is 8.31. The highest BCUT2D eigenvalue weighted by Crippen LogP contribution is 2.29. The zero-order chi connectivity index (χ0) is 17.2. The summed E-state index contributed by atoms with van der Waals surface area (Å²) in [4.78, 5) is 31.8. The number of ether oxygens (including phenoxy) is 1. The number of nitrogens with one attached hydrogen (secondary N) is 1. The second kappa shape index (κ2) is 6.76. The van der Waals surface area contributed by atoms with Gasteiger partial charge in [0, 0.05) is 37.9 Å². The van der Waals surface area contributed by atoms with Gasteiger partial charge in [0.2, 0.25) is 5.91 Å². The second-order valence-corrected chi connectivity index (χ2v) is 6.65. The number of likely N-dealkylation sites (N-methyl/N-ethyl adjacent to an activating group) is 1. The van der Waals surface area contributed by atoms with Crippen molar-refractivity contribution in [3.8, 4) is 0 Å². The molecule has 7 heteroatoms. The number of hydrogen-bond donors (Lipinski definition) is 1. The molecule has 1 spiro atoms. The second-order valence-electron chi connectivity index (χ2n) is 6.65. The van der Waals surface area contributed by atoms with Gasteiger partial charge in [0.25, 0.3) is 0 Å². The molecule has 0 aromatic carbocycles. The first kappa shape index (κ1) is 16.7. The molecule has 1 atom stereocenters. The van der Waals surface area contributed by atoms with Crippen LogP contribution >= 0.6 is 0 Å². The number of carbonyl (C=O) groups excluding carboxylic acids is 2. The topological polar surface area (TPSA) is 74.8 Å². The van der Waals surface area contributed by atoms with E-state index in [1.807, 2.05) is 25.1 Å². The molecule has 2 aliphatic heterocycles. The number of carbonyl (C=O) groups is 2. The molecular formula is C17H24N4O3. The summed E-state index contributed by atoms with van der Waals surface area (Å²) >= 11 is 0. The van der Waals surface area contributed by atoms with Crippen molar-refractivity contribution in [3.63, 3.8) is 0 Å². The van der Waals surface area contributed by atoms with E-state index in [1.54, 1.807) is 16.8 Å². The normalized spacial score (nSPS) is 23.8. The van der Waals surface area contributed by atoms with Gasteiger partial charge < -0.3 is 19.9 Å². The van der Waals surface area contributed by atoms with Gasteiger partial charge in [-0.1, -0.05) is 6.07 Å². The first-order chi connectivity index (χ1) is 11.5. The SMILES string of the molecule is Cc1cccc(CCNC(=O)N2CCC3(CN(C)C(=O)CO3)C2)n1. The van der Waals surface area contributed by atoms with Gasteiger partial charge in [0.1, 0.15) is 12.2 Å². The van der Waals surface area contributed by atoms with E-state index >= 15 is 0 Å². The summed E-state index contributed by atoms with van der Waals surface area (Å²) in [5.74, 6) is -0.00539. The Balaban J connectivity index is 1.47. The third-order valence-electron chi connectivity index (χ3n) is 4.66. The number of likely N-dealkylation sites (tertiary alicyclic amines) is 1. The van der Waals surface area contributed by atoms with E-state index in [4.69, 9.17) is 4.74 Å². The van der Waals surface area contributed by atoms with Crippen molar-refractivity contribution < 1.29 is 14.3 Å². The maximum absolute atomic E-state index is 12.3. The predicted molar refractivity (Wildman–Crippen MR) is 88.6 cm³/mol. The lowest BCUT2D eigenvalue weighted by Gasteiger charge is -2.38. The number of nitrogens with zero attached hydrogens (tertiary/aromatic N) is 3. The van der Waals surface area contributed by atoms with E-state index in [2.05, 4.69) is 10.3 Å². The summed E-state index contributed by atoms with van der Waals surface area (Å²) < 4.78 is 5.75. The molecule has 0 radical (unpaired) electrons. The Hall–Kier alpha value is -2.15. The lowest BCUT2D eigenvalue weighted by Crippen LogP contribution is -2.55. The van der Waals surface area contributed by atoms with Crippen molar-refractivity contribution in [1.29, 1.82) is 0 Å². The Kier molecular flexibility index (Phi) is 4.71. The Bertz CT molecular complexity index is 636. The predicted octanol–water partition coefficient (Wildman–Crippen LogP) is 0.575. The van der Waals surface area contributed by atoms with Crippen LogP contribution in [0.2, 0.25) is 0 Å². The third-order valence-corrected chi connectivity index (χ3v) is 4.66. The number of rotatable bonds is 3. The average molecular weight is 332 g/mol. The minimum atomic E-state index is -0.405. The van der Waals surface area contributed by atoms with Gasteiger partial charge in [-0.25, -0.2) is 4.79 Å². The number of amides is 3. The first-order valence-electron chi connectivity index (χ1n) is 8.31. The molecule has 130 valence electrons. The monoisotopic (exact) mass is 332 g/mol. The number of urea groups is 1. The van der Waals surface area contributed by atoms with Gasteiger partial charge in [0.05, 0.1) is 13.1 Å². The van der Waals surface area contributed by atoms with Crippen LogP contribution in [0, 0.1) is 6.92 Å². The van der Waals surface area contributed by atoms with Crippen molar-refractivity contribution in [3.05, 3.63) is 29.6 Å². The molecule has 1 aromatic heterocycles. The molecule has 3 heterocycles. The van der Waals surface area contributed by atoms with Crippen LogP contribution in [-0.4, -0.2) is 72.2 Å². The van der Waals surface area contributed by atoms with Crippen LogP contribution in [-0.2, 0) is 16.0 Å². The maximum atomic E-state index is 12.3. The summed E-state index contributed by atoms with van der Waals surface area (Å²) in [6, 6.07) is 5.81. The summed E-state index contributed by atoms with van der Waals surface area (Å²) in [5.41, 5.74) is 1.55. The summed E-state index contributed by atoms with van der Waals surface area (Å²) in [6.45, 7) is 4.33. The molecule has 1 N–H and O–H groups in total. The quantitative estimate of drug-likeness (QED) is 0.878. The summed E-state index contributed by atoms with van der Waals surface area (Å²) in [7, 11) is 1.78. The van der Waals surface area contributed by atoms with Crippen molar-refractivity contribution >= 4 is 11.9 Å². The molecule has 2 fully saturated rings. The molecule has 3 amide bonds.